The van der Waals surface area contributed by atoms with E-state index in [0.29, 0.717) is 18.1 Å². The fourth-order valence-corrected chi connectivity index (χ4v) is 3.05. The summed E-state index contributed by atoms with van der Waals surface area (Å²) in [6.45, 7) is 8.18. The Morgan fingerprint density at radius 3 is 2.54 bits per heavy atom. The Morgan fingerprint density at radius 1 is 1.11 bits per heavy atom. The molecule has 3 rings (SSSR count). The van der Waals surface area contributed by atoms with Crippen LogP contribution < -0.4 is 10.2 Å². The van der Waals surface area contributed by atoms with E-state index in [4.69, 9.17) is 4.52 Å². The lowest BCUT2D eigenvalue weighted by Crippen LogP contribution is -2.21. The van der Waals surface area contributed by atoms with Crippen LogP contribution in [0.2, 0.25) is 0 Å². The third-order valence-corrected chi connectivity index (χ3v) is 4.59. The number of benzene rings is 2. The van der Waals surface area contributed by atoms with Gasteiger partial charge in [-0.05, 0) is 51.1 Å². The Hall–Kier alpha value is -3.15. The number of aromatic nitrogens is 2. The number of hydrogen-bond acceptors (Lipinski definition) is 5. The molecule has 0 fully saturated rings. The lowest BCUT2D eigenvalue weighted by Gasteiger charge is -2.21. The maximum Gasteiger partial charge on any atom is 0.227 e. The van der Waals surface area contributed by atoms with E-state index < -0.39 is 0 Å². The maximum atomic E-state index is 12.2. The van der Waals surface area contributed by atoms with E-state index in [1.54, 1.807) is 0 Å². The number of hydrogen-bond donors (Lipinski definition) is 1. The molecule has 1 aromatic heterocycles. The number of nitrogens with one attached hydrogen (secondary N) is 1. The molecule has 1 heterocycles. The molecule has 0 radical (unpaired) electrons. The highest BCUT2D eigenvalue weighted by Gasteiger charge is 2.11. The molecule has 6 heteroatoms. The molecule has 2 aromatic carbocycles. The van der Waals surface area contributed by atoms with Crippen molar-refractivity contribution in [2.45, 2.75) is 33.6 Å². The number of carbonyl (C=O) groups is 1. The van der Waals surface area contributed by atoms with Gasteiger partial charge in [0.2, 0.25) is 17.6 Å². The van der Waals surface area contributed by atoms with Crippen molar-refractivity contribution in [3.05, 3.63) is 60.0 Å². The van der Waals surface area contributed by atoms with Crippen molar-refractivity contribution in [3.8, 4) is 11.4 Å². The third-order valence-electron chi connectivity index (χ3n) is 4.59. The van der Waals surface area contributed by atoms with Crippen LogP contribution in [0.15, 0.2) is 53.1 Å². The minimum absolute atomic E-state index is 0.0779. The van der Waals surface area contributed by atoms with Gasteiger partial charge in [-0.1, -0.05) is 28.9 Å². The van der Waals surface area contributed by atoms with Crippen molar-refractivity contribution < 1.29 is 9.32 Å². The van der Waals surface area contributed by atoms with Crippen LogP contribution in [-0.2, 0) is 11.2 Å². The van der Waals surface area contributed by atoms with Crippen molar-refractivity contribution >= 4 is 17.3 Å². The summed E-state index contributed by atoms with van der Waals surface area (Å²) in [6.07, 6.45) is 0.690. The molecule has 0 bridgehead atoms. The SMILES string of the molecule is CCN(CC)c1ccc(NC(=O)CCc2nc(-c3cccc(C)c3)no2)cc1. The Labute approximate surface area is 165 Å². The first kappa shape index (κ1) is 19.6. The Kier molecular flexibility index (Phi) is 6.42. The third kappa shape index (κ3) is 4.97. The molecule has 3 aromatic rings. The van der Waals surface area contributed by atoms with Crippen LogP contribution in [0.4, 0.5) is 11.4 Å². The summed E-state index contributed by atoms with van der Waals surface area (Å²) < 4.78 is 5.28. The summed E-state index contributed by atoms with van der Waals surface area (Å²) in [5.41, 5.74) is 3.98. The van der Waals surface area contributed by atoms with Crippen LogP contribution >= 0.6 is 0 Å². The fraction of sp³-hybridized carbons (Fsp3) is 0.318. The molecule has 0 saturated heterocycles. The zero-order valence-electron chi connectivity index (χ0n) is 16.6. The van der Waals surface area contributed by atoms with E-state index in [-0.39, 0.29) is 12.3 Å². The van der Waals surface area contributed by atoms with E-state index in [0.717, 1.165) is 35.6 Å². The average molecular weight is 378 g/mol. The number of amides is 1. The van der Waals surface area contributed by atoms with Gasteiger partial charge in [0.1, 0.15) is 0 Å². The molecule has 0 unspecified atom stereocenters. The lowest BCUT2D eigenvalue weighted by molar-refractivity contribution is -0.116. The van der Waals surface area contributed by atoms with Crippen LogP contribution in [0, 0.1) is 6.92 Å². The van der Waals surface area contributed by atoms with Crippen molar-refractivity contribution in [2.24, 2.45) is 0 Å². The maximum absolute atomic E-state index is 12.2. The first-order chi connectivity index (χ1) is 13.6. The largest absolute Gasteiger partial charge is 0.372 e. The van der Waals surface area contributed by atoms with Crippen molar-refractivity contribution in [1.29, 1.82) is 0 Å². The minimum Gasteiger partial charge on any atom is -0.372 e. The molecule has 0 atom stereocenters. The highest BCUT2D eigenvalue weighted by Crippen LogP contribution is 2.19. The quantitative estimate of drug-likeness (QED) is 0.626. The molecule has 0 aliphatic heterocycles. The number of carbonyl (C=O) groups excluding carboxylic acids is 1. The van der Waals surface area contributed by atoms with Crippen molar-refractivity contribution in [1.82, 2.24) is 10.1 Å². The van der Waals surface area contributed by atoms with Crippen LogP contribution in [0.3, 0.4) is 0 Å². The van der Waals surface area contributed by atoms with Crippen LogP contribution in [0.1, 0.15) is 31.7 Å². The highest BCUT2D eigenvalue weighted by atomic mass is 16.5. The molecular weight excluding hydrogens is 352 g/mol. The van der Waals surface area contributed by atoms with Gasteiger partial charge in [0, 0.05) is 42.9 Å². The standard InChI is InChI=1S/C22H26N4O2/c1-4-26(5-2)19-11-9-18(10-12-19)23-20(27)13-14-21-24-22(25-28-21)17-8-6-7-16(3)15-17/h6-12,15H,4-5,13-14H2,1-3H3,(H,23,27). The first-order valence-corrected chi connectivity index (χ1v) is 9.63. The van der Waals surface area contributed by atoms with Crippen LogP contribution in [-0.4, -0.2) is 29.1 Å². The Balaban J connectivity index is 1.53. The van der Waals surface area contributed by atoms with E-state index in [9.17, 15) is 4.79 Å². The predicted molar refractivity (Wildman–Crippen MR) is 111 cm³/mol. The molecule has 6 nitrogen and oxygen atoms in total. The van der Waals surface area contributed by atoms with Gasteiger partial charge in [-0.25, -0.2) is 0 Å². The minimum atomic E-state index is -0.0779. The lowest BCUT2D eigenvalue weighted by atomic mass is 10.1. The van der Waals surface area contributed by atoms with Crippen molar-refractivity contribution in [2.75, 3.05) is 23.3 Å². The topological polar surface area (TPSA) is 71.3 Å². The average Bonchev–Trinajstić information content (AvgIpc) is 3.18. The Bertz CT molecular complexity index is 914. The van der Waals surface area contributed by atoms with E-state index in [2.05, 4.69) is 34.2 Å². The Morgan fingerprint density at radius 2 is 1.86 bits per heavy atom. The molecule has 1 amide bonds. The smallest absolute Gasteiger partial charge is 0.227 e. The highest BCUT2D eigenvalue weighted by molar-refractivity contribution is 5.90. The van der Waals surface area contributed by atoms with E-state index in [1.165, 1.54) is 0 Å². The number of anilines is 2. The molecule has 0 aliphatic carbocycles. The summed E-state index contributed by atoms with van der Waals surface area (Å²) in [6, 6.07) is 15.8. The normalized spacial score (nSPS) is 10.7. The first-order valence-electron chi connectivity index (χ1n) is 9.63. The summed E-state index contributed by atoms with van der Waals surface area (Å²) in [5.74, 6) is 0.931. The van der Waals surface area contributed by atoms with Crippen LogP contribution in [0.5, 0.6) is 0 Å². The number of aryl methyl sites for hydroxylation is 2. The second-order valence-electron chi connectivity index (χ2n) is 6.65. The second kappa shape index (κ2) is 9.17. The molecular formula is C22H26N4O2. The number of rotatable bonds is 8. The molecule has 146 valence electrons. The van der Waals surface area contributed by atoms with E-state index in [1.807, 2.05) is 55.5 Å². The fourth-order valence-electron chi connectivity index (χ4n) is 3.05. The summed E-state index contributed by atoms with van der Waals surface area (Å²) >= 11 is 0. The molecule has 1 N–H and O–H groups in total. The summed E-state index contributed by atoms with van der Waals surface area (Å²) in [5, 5.41) is 6.92. The van der Waals surface area contributed by atoms with Crippen molar-refractivity contribution in [3.63, 3.8) is 0 Å². The molecule has 0 saturated carbocycles. The monoisotopic (exact) mass is 378 g/mol. The van der Waals surface area contributed by atoms with Gasteiger partial charge in [0.15, 0.2) is 0 Å². The summed E-state index contributed by atoms with van der Waals surface area (Å²) in [7, 11) is 0. The zero-order chi connectivity index (χ0) is 19.9. The number of nitrogens with zero attached hydrogens (tertiary/aromatic N) is 3. The molecule has 0 aliphatic rings. The predicted octanol–water partition coefficient (Wildman–Crippen LogP) is 4.46. The summed E-state index contributed by atoms with van der Waals surface area (Å²) in [4.78, 5) is 18.9. The van der Waals surface area contributed by atoms with Gasteiger partial charge in [0.05, 0.1) is 0 Å². The van der Waals surface area contributed by atoms with Gasteiger partial charge < -0.3 is 14.7 Å². The zero-order valence-corrected chi connectivity index (χ0v) is 16.6. The van der Waals surface area contributed by atoms with Gasteiger partial charge in [-0.15, -0.1) is 0 Å². The van der Waals surface area contributed by atoms with Crippen LogP contribution in [0.25, 0.3) is 11.4 Å². The van der Waals surface area contributed by atoms with Gasteiger partial charge >= 0.3 is 0 Å². The second-order valence-corrected chi connectivity index (χ2v) is 6.65. The van der Waals surface area contributed by atoms with Gasteiger partial charge in [-0.2, -0.15) is 4.98 Å². The van der Waals surface area contributed by atoms with E-state index >= 15 is 0 Å². The van der Waals surface area contributed by atoms with Gasteiger partial charge in [0.25, 0.3) is 0 Å². The molecule has 0 spiro atoms. The van der Waals surface area contributed by atoms with Gasteiger partial charge in [-0.3, -0.25) is 4.79 Å². The molecule has 28 heavy (non-hydrogen) atoms.